The number of hydrogen-bond acceptors (Lipinski definition) is 4. The molecule has 0 saturated carbocycles. The molecule has 0 heterocycles. The molecule has 0 radical (unpaired) electrons. The van der Waals surface area contributed by atoms with E-state index in [0.717, 1.165) is 0 Å². The Bertz CT molecular complexity index is 855. The van der Waals surface area contributed by atoms with Crippen LogP contribution in [0.15, 0.2) is 53.4 Å². The van der Waals surface area contributed by atoms with Gasteiger partial charge in [0.25, 0.3) is 5.91 Å². The van der Waals surface area contributed by atoms with Gasteiger partial charge in [0.2, 0.25) is 10.0 Å². The number of ether oxygens (including phenoxy) is 1. The van der Waals surface area contributed by atoms with Gasteiger partial charge in [-0.15, -0.1) is 0 Å². The fourth-order valence-corrected chi connectivity index (χ4v) is 2.87. The van der Waals surface area contributed by atoms with E-state index in [0.29, 0.717) is 0 Å². The Morgan fingerprint density at radius 2 is 1.92 bits per heavy atom. The molecule has 1 N–H and O–H groups in total. The Kier molecular flexibility index (Phi) is 6.11. The highest BCUT2D eigenvalue weighted by Crippen LogP contribution is 2.16. The minimum absolute atomic E-state index is 0.0110. The average molecular weight is 366 g/mol. The molecule has 0 bridgehead atoms. The van der Waals surface area contributed by atoms with Gasteiger partial charge in [0.05, 0.1) is 11.4 Å². The number of sulfonamides is 1. The molecule has 1 amide bonds. The number of likely N-dealkylation sites (N-methyl/N-ethyl adjacent to an activating group) is 1. The predicted molar refractivity (Wildman–Crippen MR) is 91.5 cm³/mol. The molecule has 0 aliphatic carbocycles. The summed E-state index contributed by atoms with van der Waals surface area (Å²) < 4.78 is 44.6. The van der Waals surface area contributed by atoms with Crippen LogP contribution in [0, 0.1) is 5.82 Å². The summed E-state index contributed by atoms with van der Waals surface area (Å²) in [5.41, 5.74) is 0.240. The van der Waals surface area contributed by atoms with Gasteiger partial charge in [0.15, 0.2) is 11.6 Å². The lowest BCUT2D eigenvalue weighted by molar-refractivity contribution is 0.0772. The van der Waals surface area contributed by atoms with E-state index in [4.69, 9.17) is 4.74 Å². The van der Waals surface area contributed by atoms with Gasteiger partial charge < -0.3 is 9.64 Å². The summed E-state index contributed by atoms with van der Waals surface area (Å²) in [6, 6.07) is 11.8. The van der Waals surface area contributed by atoms with Crippen LogP contribution in [0.3, 0.4) is 0 Å². The Morgan fingerprint density at radius 1 is 1.20 bits per heavy atom. The van der Waals surface area contributed by atoms with Crippen LogP contribution in [0.25, 0.3) is 0 Å². The molecule has 8 heteroatoms. The van der Waals surface area contributed by atoms with E-state index in [-0.39, 0.29) is 35.3 Å². The summed E-state index contributed by atoms with van der Waals surface area (Å²) in [6.07, 6.45) is 0. The fraction of sp³-hybridized carbons (Fsp3) is 0.235. The second-order valence-electron chi connectivity index (χ2n) is 5.24. The molecule has 2 aromatic carbocycles. The second-order valence-corrected chi connectivity index (χ2v) is 7.13. The lowest BCUT2D eigenvalue weighted by atomic mass is 10.2. The van der Waals surface area contributed by atoms with Crippen LogP contribution >= 0.6 is 0 Å². The topological polar surface area (TPSA) is 75.7 Å². The number of para-hydroxylation sites is 1. The van der Waals surface area contributed by atoms with Crippen molar-refractivity contribution in [2.45, 2.75) is 4.90 Å². The summed E-state index contributed by atoms with van der Waals surface area (Å²) in [5.74, 6) is -0.711. The Morgan fingerprint density at radius 3 is 2.60 bits per heavy atom. The number of halogens is 1. The van der Waals surface area contributed by atoms with Crippen LogP contribution in [0.1, 0.15) is 10.4 Å². The third-order valence-electron chi connectivity index (χ3n) is 3.53. The van der Waals surface area contributed by atoms with Crippen molar-refractivity contribution >= 4 is 15.9 Å². The molecular weight excluding hydrogens is 347 g/mol. The number of carbonyl (C=O) groups excluding carboxylic acids is 1. The van der Waals surface area contributed by atoms with Crippen molar-refractivity contribution in [1.82, 2.24) is 9.62 Å². The quantitative estimate of drug-likeness (QED) is 0.812. The molecule has 6 nitrogen and oxygen atoms in total. The molecule has 0 aliphatic heterocycles. The summed E-state index contributed by atoms with van der Waals surface area (Å²) >= 11 is 0. The molecule has 0 fully saturated rings. The van der Waals surface area contributed by atoms with Gasteiger partial charge in [-0.2, -0.15) is 0 Å². The summed E-state index contributed by atoms with van der Waals surface area (Å²) in [7, 11) is -0.761. The highest BCUT2D eigenvalue weighted by molar-refractivity contribution is 7.89. The average Bonchev–Trinajstić information content (AvgIpc) is 2.62. The first-order valence-electron chi connectivity index (χ1n) is 7.51. The third kappa shape index (κ3) is 4.77. The minimum Gasteiger partial charge on any atom is -0.489 e. The van der Waals surface area contributed by atoms with Crippen LogP contribution in [0.4, 0.5) is 4.39 Å². The molecule has 0 spiro atoms. The van der Waals surface area contributed by atoms with Crippen molar-refractivity contribution in [1.29, 1.82) is 0 Å². The molecule has 2 rings (SSSR count). The van der Waals surface area contributed by atoms with Crippen LogP contribution in [0.5, 0.6) is 5.75 Å². The molecule has 0 atom stereocenters. The third-order valence-corrected chi connectivity index (χ3v) is 4.94. The van der Waals surface area contributed by atoms with Gasteiger partial charge in [-0.3, -0.25) is 4.79 Å². The Hall–Kier alpha value is -2.45. The summed E-state index contributed by atoms with van der Waals surface area (Å²) in [6.45, 7) is 0.327. The molecular formula is C17H19FN2O4S. The highest BCUT2D eigenvalue weighted by atomic mass is 32.2. The van der Waals surface area contributed by atoms with Crippen molar-refractivity contribution in [2.24, 2.45) is 0 Å². The summed E-state index contributed by atoms with van der Waals surface area (Å²) in [5, 5.41) is 0. The number of carbonyl (C=O) groups is 1. The molecule has 0 aromatic heterocycles. The number of amides is 1. The van der Waals surface area contributed by atoms with Gasteiger partial charge in [-0.25, -0.2) is 17.5 Å². The monoisotopic (exact) mass is 366 g/mol. The molecule has 0 saturated heterocycles. The summed E-state index contributed by atoms with van der Waals surface area (Å²) in [4.78, 5) is 13.8. The van der Waals surface area contributed by atoms with E-state index in [9.17, 15) is 17.6 Å². The maximum absolute atomic E-state index is 13.5. The highest BCUT2D eigenvalue weighted by Gasteiger charge is 2.16. The van der Waals surface area contributed by atoms with Gasteiger partial charge >= 0.3 is 0 Å². The maximum Gasteiger partial charge on any atom is 0.253 e. The van der Waals surface area contributed by atoms with Crippen molar-refractivity contribution in [3.8, 4) is 5.75 Å². The number of benzene rings is 2. The second kappa shape index (κ2) is 8.09. The van der Waals surface area contributed by atoms with E-state index in [1.54, 1.807) is 19.2 Å². The smallest absolute Gasteiger partial charge is 0.253 e. The lowest BCUT2D eigenvalue weighted by Crippen LogP contribution is -2.31. The van der Waals surface area contributed by atoms with Crippen LogP contribution in [-0.2, 0) is 10.0 Å². The Labute approximate surface area is 146 Å². The van der Waals surface area contributed by atoms with Gasteiger partial charge in [0, 0.05) is 12.6 Å². The minimum atomic E-state index is -3.62. The Balaban J connectivity index is 2.00. The lowest BCUT2D eigenvalue weighted by Gasteiger charge is -2.18. The van der Waals surface area contributed by atoms with Crippen molar-refractivity contribution in [3.05, 3.63) is 59.9 Å². The van der Waals surface area contributed by atoms with E-state index in [1.165, 1.54) is 48.3 Å². The largest absolute Gasteiger partial charge is 0.489 e. The van der Waals surface area contributed by atoms with E-state index < -0.39 is 15.8 Å². The molecule has 134 valence electrons. The zero-order valence-electron chi connectivity index (χ0n) is 13.9. The first kappa shape index (κ1) is 18.9. The molecule has 0 unspecified atom stereocenters. The maximum atomic E-state index is 13.5. The van der Waals surface area contributed by atoms with Crippen molar-refractivity contribution in [3.63, 3.8) is 0 Å². The zero-order chi connectivity index (χ0) is 18.4. The SMILES string of the molecule is CNS(=O)(=O)c1cccc(C(=O)N(C)CCOc2ccccc2F)c1. The molecule has 25 heavy (non-hydrogen) atoms. The van der Waals surface area contributed by atoms with E-state index in [2.05, 4.69) is 4.72 Å². The zero-order valence-corrected chi connectivity index (χ0v) is 14.7. The van der Waals surface area contributed by atoms with Crippen molar-refractivity contribution < 1.29 is 22.3 Å². The number of nitrogens with zero attached hydrogens (tertiary/aromatic N) is 1. The number of nitrogens with one attached hydrogen (secondary N) is 1. The van der Waals surface area contributed by atoms with Crippen molar-refractivity contribution in [2.75, 3.05) is 27.2 Å². The first-order valence-corrected chi connectivity index (χ1v) is 9.00. The number of hydrogen-bond donors (Lipinski definition) is 1. The fourth-order valence-electron chi connectivity index (χ4n) is 2.09. The van der Waals surface area contributed by atoms with Crippen LogP contribution in [-0.4, -0.2) is 46.5 Å². The van der Waals surface area contributed by atoms with Gasteiger partial charge in [-0.1, -0.05) is 18.2 Å². The van der Waals surface area contributed by atoms with Gasteiger partial charge in [-0.05, 0) is 37.4 Å². The molecule has 2 aromatic rings. The number of rotatable bonds is 7. The standard InChI is InChI=1S/C17H19FN2O4S/c1-19-25(22,23)14-7-5-6-13(12-14)17(21)20(2)10-11-24-16-9-4-3-8-15(16)18/h3-9,12,19H,10-11H2,1-2H3. The van der Waals surface area contributed by atoms with E-state index >= 15 is 0 Å². The van der Waals surface area contributed by atoms with Crippen LogP contribution in [0.2, 0.25) is 0 Å². The van der Waals surface area contributed by atoms with E-state index in [1.807, 2.05) is 0 Å². The molecule has 0 aliphatic rings. The van der Waals surface area contributed by atoms with Gasteiger partial charge in [0.1, 0.15) is 6.61 Å². The normalized spacial score (nSPS) is 11.2. The predicted octanol–water partition coefficient (Wildman–Crippen LogP) is 1.88. The van der Waals surface area contributed by atoms with Crippen LogP contribution < -0.4 is 9.46 Å². The first-order chi connectivity index (χ1) is 11.8.